The third kappa shape index (κ3) is 11.3. The highest BCUT2D eigenvalue weighted by Gasteiger charge is 2.58. The number of aliphatic hydroxyl groups excluding tert-OH is 19. The minimum Gasteiger partial charge on any atom is -0.394 e. The van der Waals surface area contributed by atoms with Crippen molar-refractivity contribution in [3.05, 3.63) is 0 Å². The third-order valence-corrected chi connectivity index (χ3v) is 12.7. The molecule has 0 aliphatic carbocycles. The molecule has 0 aromatic heterocycles. The molecule has 31 heteroatoms. The topological polar surface area (TPSA) is 495 Å². The number of methoxy groups -OCH3 is 1. The van der Waals surface area contributed by atoms with Crippen molar-refractivity contribution in [2.24, 2.45) is 0 Å². The van der Waals surface area contributed by atoms with Gasteiger partial charge in [-0.1, -0.05) is 0 Å². The molecule has 30 atom stereocenters. The molecule has 398 valence electrons. The van der Waals surface area contributed by atoms with Gasteiger partial charge < -0.3 is 154 Å². The summed E-state index contributed by atoms with van der Waals surface area (Å²) < 4.78 is 67.8. The lowest BCUT2D eigenvalue weighted by Crippen LogP contribution is -2.69. The first-order valence-electron chi connectivity index (χ1n) is 21.5. The second-order valence-corrected chi connectivity index (χ2v) is 17.0. The van der Waals surface area contributed by atoms with Gasteiger partial charge in [-0.2, -0.15) is 0 Å². The number of hydrogen-bond acceptors (Lipinski definition) is 31. The van der Waals surface area contributed by atoms with Crippen molar-refractivity contribution in [3.8, 4) is 0 Å². The molecule has 6 heterocycles. The lowest BCUT2D eigenvalue weighted by atomic mass is 9.95. The van der Waals surface area contributed by atoms with E-state index in [2.05, 4.69) is 0 Å². The van der Waals surface area contributed by atoms with E-state index in [1.807, 2.05) is 0 Å². The molecule has 0 unspecified atom stereocenters. The molecule has 0 spiro atoms. The van der Waals surface area contributed by atoms with Crippen LogP contribution in [-0.4, -0.2) is 328 Å². The Hall–Kier alpha value is -1.24. The van der Waals surface area contributed by atoms with Gasteiger partial charge in [0.05, 0.1) is 39.6 Å². The van der Waals surface area contributed by atoms with Crippen LogP contribution in [0.4, 0.5) is 0 Å². The van der Waals surface area contributed by atoms with Crippen LogP contribution in [0, 0.1) is 0 Å². The molecule has 0 bridgehead atoms. The van der Waals surface area contributed by atoms with Gasteiger partial charge >= 0.3 is 0 Å². The van der Waals surface area contributed by atoms with E-state index < -0.39 is 224 Å². The fraction of sp³-hybridized carbons (Fsp3) is 1.00. The molecule has 6 rings (SSSR count). The Morgan fingerprint density at radius 2 is 0.485 bits per heavy atom. The average molecular weight is 1000 g/mol. The van der Waals surface area contributed by atoms with Crippen molar-refractivity contribution in [1.82, 2.24) is 0 Å². The van der Waals surface area contributed by atoms with Crippen LogP contribution in [0.5, 0.6) is 0 Å². The molecular formula is C37H64O31. The maximum atomic E-state index is 11.7. The predicted octanol–water partition coefficient (Wildman–Crippen LogP) is -13.4. The van der Waals surface area contributed by atoms with Crippen LogP contribution in [0.2, 0.25) is 0 Å². The SMILES string of the molecule is CO[C@H]1O[C@H](CO)[C@@H](O)[C@H](O)[C@@H]1O[C@H]1O[C@H](CO)[C@@H](O)[C@H](O)[C@@H]1O[C@H]1O[C@H](CO)[C@@H](O)[C@H](O)[C@@H]1O[C@H]1O[C@H](CO)[C@@H](O)[C@H](O[C@H]2O[C@H](CO)[C@@H](O)[C@H](O)[C@@H]2O[C@H]2O[C@H](CO)[C@@H](O)[C@H](O)[C@@H]2O)[C@@H]1O. The number of hydrogen-bond donors (Lipinski definition) is 19. The van der Waals surface area contributed by atoms with E-state index >= 15 is 0 Å². The van der Waals surface area contributed by atoms with E-state index in [-0.39, 0.29) is 0 Å². The van der Waals surface area contributed by atoms with Gasteiger partial charge in [0.25, 0.3) is 0 Å². The molecule has 68 heavy (non-hydrogen) atoms. The lowest BCUT2D eigenvalue weighted by molar-refractivity contribution is -0.412. The Morgan fingerprint density at radius 1 is 0.250 bits per heavy atom. The van der Waals surface area contributed by atoms with Crippen LogP contribution in [0.15, 0.2) is 0 Å². The minimum atomic E-state index is -2.30. The zero-order chi connectivity index (χ0) is 50.0. The summed E-state index contributed by atoms with van der Waals surface area (Å²) >= 11 is 0. The monoisotopic (exact) mass is 1000 g/mol. The van der Waals surface area contributed by atoms with Crippen molar-refractivity contribution >= 4 is 0 Å². The summed E-state index contributed by atoms with van der Waals surface area (Å²) in [7, 11) is 1.11. The van der Waals surface area contributed by atoms with Crippen LogP contribution in [0.25, 0.3) is 0 Å². The van der Waals surface area contributed by atoms with Crippen LogP contribution < -0.4 is 0 Å². The van der Waals surface area contributed by atoms with E-state index in [0.717, 1.165) is 7.11 Å². The molecule has 0 amide bonds. The zero-order valence-corrected chi connectivity index (χ0v) is 36.0. The number of rotatable bonds is 17. The van der Waals surface area contributed by atoms with E-state index in [9.17, 15) is 97.0 Å². The van der Waals surface area contributed by atoms with Gasteiger partial charge in [0.1, 0.15) is 146 Å². The first-order valence-corrected chi connectivity index (χ1v) is 21.5. The summed E-state index contributed by atoms with van der Waals surface area (Å²) in [5.41, 5.74) is 0. The summed E-state index contributed by atoms with van der Waals surface area (Å²) in [6.07, 6.45) is -58.0. The molecule has 6 aliphatic heterocycles. The highest BCUT2D eigenvalue weighted by atomic mass is 16.8. The van der Waals surface area contributed by atoms with E-state index in [1.165, 1.54) is 0 Å². The summed E-state index contributed by atoms with van der Waals surface area (Å²) in [5, 5.41) is 202. The molecule has 6 saturated heterocycles. The third-order valence-electron chi connectivity index (χ3n) is 12.7. The summed E-state index contributed by atoms with van der Waals surface area (Å²) in [6, 6.07) is 0. The van der Waals surface area contributed by atoms with Crippen LogP contribution in [0.1, 0.15) is 0 Å². The van der Waals surface area contributed by atoms with Gasteiger partial charge in [-0.15, -0.1) is 0 Å². The van der Waals surface area contributed by atoms with Gasteiger partial charge in [-0.3, -0.25) is 0 Å². The zero-order valence-electron chi connectivity index (χ0n) is 36.0. The van der Waals surface area contributed by atoms with Crippen molar-refractivity contribution < 1.29 is 154 Å². The first-order chi connectivity index (χ1) is 32.3. The first kappa shape index (κ1) is 56.1. The molecule has 6 fully saturated rings. The Morgan fingerprint density at radius 3 is 0.809 bits per heavy atom. The standard InChI is InChI=1S/C37H64O31/c1-57-34-28(21(51)15(45)9(3-39)60-34)67-37-31(24(54)18(48)12(6-42)63-37)68-36-30(23(53)17(47)11(5-41)62-36)66-33-26(56)27(19(49)13(7-43)59-33)64-35-29(22(52)16(46)10(4-40)61-35)65-32-25(55)20(50)14(44)8(2-38)58-32/h8-56H,2-7H2,1H3/t8-,9-,10-,11-,12-,13-,14-,15-,16-,17-,18-,19-,20+,21+,22+,23+,24+,25+,26+,27+,28+,29+,30+,31+,32-,33-,34+,35-,36-,37-/m1/s1. The van der Waals surface area contributed by atoms with Crippen molar-refractivity contribution in [3.63, 3.8) is 0 Å². The number of ether oxygens (including phenoxy) is 12. The molecular weight excluding hydrogens is 940 g/mol. The fourth-order valence-corrected chi connectivity index (χ4v) is 8.60. The average Bonchev–Trinajstić information content (AvgIpc) is 3.33. The normalized spacial score (nSPS) is 52.8. The maximum Gasteiger partial charge on any atom is 0.187 e. The minimum absolute atomic E-state index is 0.773. The smallest absolute Gasteiger partial charge is 0.187 e. The predicted molar refractivity (Wildman–Crippen MR) is 204 cm³/mol. The Kier molecular flexibility index (Phi) is 19.9. The fourth-order valence-electron chi connectivity index (χ4n) is 8.60. The Balaban J connectivity index is 1.27. The van der Waals surface area contributed by atoms with E-state index in [4.69, 9.17) is 56.8 Å². The Labute approximate surface area is 384 Å². The molecule has 0 aromatic carbocycles. The van der Waals surface area contributed by atoms with Crippen molar-refractivity contribution in [2.75, 3.05) is 46.8 Å². The van der Waals surface area contributed by atoms with Crippen molar-refractivity contribution in [2.45, 2.75) is 184 Å². The lowest BCUT2D eigenvalue weighted by Gasteiger charge is -2.50. The van der Waals surface area contributed by atoms with Crippen molar-refractivity contribution in [1.29, 1.82) is 0 Å². The summed E-state index contributed by atoms with van der Waals surface area (Å²) in [6.45, 7) is -5.66. The van der Waals surface area contributed by atoms with Gasteiger partial charge in [-0.25, -0.2) is 0 Å². The molecule has 19 N–H and O–H groups in total. The van der Waals surface area contributed by atoms with Crippen LogP contribution in [-0.2, 0) is 56.8 Å². The second-order valence-electron chi connectivity index (χ2n) is 17.0. The summed E-state index contributed by atoms with van der Waals surface area (Å²) in [5.74, 6) is 0. The number of aliphatic hydroxyl groups is 19. The van der Waals surface area contributed by atoms with Gasteiger partial charge in [-0.05, 0) is 0 Å². The maximum absolute atomic E-state index is 11.7. The highest BCUT2D eigenvalue weighted by molar-refractivity contribution is 5.00. The van der Waals surface area contributed by atoms with Gasteiger partial charge in [0, 0.05) is 7.11 Å². The van der Waals surface area contributed by atoms with Crippen LogP contribution in [0.3, 0.4) is 0 Å². The highest BCUT2D eigenvalue weighted by Crippen LogP contribution is 2.37. The molecule has 31 nitrogen and oxygen atoms in total. The molecule has 0 aromatic rings. The Bertz CT molecular complexity index is 1520. The van der Waals surface area contributed by atoms with E-state index in [0.29, 0.717) is 0 Å². The molecule has 6 aliphatic rings. The molecule has 0 saturated carbocycles. The van der Waals surface area contributed by atoms with Gasteiger partial charge in [0.2, 0.25) is 0 Å². The largest absolute Gasteiger partial charge is 0.394 e. The van der Waals surface area contributed by atoms with Gasteiger partial charge in [0.15, 0.2) is 37.7 Å². The quantitative estimate of drug-likeness (QED) is 0.0643. The van der Waals surface area contributed by atoms with E-state index in [1.54, 1.807) is 0 Å². The van der Waals surface area contributed by atoms with Crippen LogP contribution >= 0.6 is 0 Å². The summed E-state index contributed by atoms with van der Waals surface area (Å²) in [4.78, 5) is 0. The second kappa shape index (κ2) is 24.2. The molecule has 0 radical (unpaired) electrons.